The first-order valence-corrected chi connectivity index (χ1v) is 6.94. The van der Waals surface area contributed by atoms with E-state index < -0.39 is 5.82 Å². The minimum absolute atomic E-state index is 0.0227. The van der Waals surface area contributed by atoms with E-state index in [1.807, 2.05) is 27.7 Å². The van der Waals surface area contributed by atoms with Crippen LogP contribution in [0.1, 0.15) is 38.1 Å². The second-order valence-corrected chi connectivity index (χ2v) is 6.00. The Labute approximate surface area is 119 Å². The molecule has 0 N–H and O–H groups in total. The minimum Gasteiger partial charge on any atom is -0.338 e. The Morgan fingerprint density at radius 1 is 1.21 bits per heavy atom. The van der Waals surface area contributed by atoms with Crippen LogP contribution in [-0.4, -0.2) is 23.9 Å². The van der Waals surface area contributed by atoms with Gasteiger partial charge >= 0.3 is 0 Å². The normalized spacial score (nSPS) is 11.2. The van der Waals surface area contributed by atoms with Crippen molar-refractivity contribution in [2.45, 2.75) is 27.7 Å². The van der Waals surface area contributed by atoms with Crippen molar-refractivity contribution in [1.82, 2.24) is 4.90 Å². The highest BCUT2D eigenvalue weighted by Gasteiger charge is 2.23. The third-order valence-corrected chi connectivity index (χ3v) is 2.95. The molecule has 0 aliphatic carbocycles. The molecule has 0 fully saturated rings. The molecule has 4 heteroatoms. The zero-order chi connectivity index (χ0) is 14.6. The second kappa shape index (κ2) is 6.90. The Morgan fingerprint density at radius 3 is 2.16 bits per heavy atom. The van der Waals surface area contributed by atoms with E-state index in [4.69, 9.17) is 11.6 Å². The van der Waals surface area contributed by atoms with Gasteiger partial charge in [0.2, 0.25) is 0 Å². The van der Waals surface area contributed by atoms with Crippen LogP contribution in [0.25, 0.3) is 0 Å². The van der Waals surface area contributed by atoms with E-state index in [1.54, 1.807) is 11.0 Å². The van der Waals surface area contributed by atoms with Crippen LogP contribution in [0, 0.1) is 17.7 Å². The van der Waals surface area contributed by atoms with Crippen LogP contribution in [-0.2, 0) is 0 Å². The van der Waals surface area contributed by atoms with Crippen LogP contribution >= 0.6 is 11.6 Å². The lowest BCUT2D eigenvalue weighted by Crippen LogP contribution is -2.37. The van der Waals surface area contributed by atoms with Gasteiger partial charge in [0.25, 0.3) is 5.91 Å². The molecule has 0 unspecified atom stereocenters. The van der Waals surface area contributed by atoms with Gasteiger partial charge in [-0.15, -0.1) is 0 Å². The van der Waals surface area contributed by atoms with Crippen LogP contribution in [0.4, 0.5) is 4.39 Å². The molecule has 2 nitrogen and oxygen atoms in total. The van der Waals surface area contributed by atoms with Gasteiger partial charge in [-0.3, -0.25) is 4.79 Å². The van der Waals surface area contributed by atoms with E-state index in [0.717, 1.165) is 0 Å². The summed E-state index contributed by atoms with van der Waals surface area (Å²) in [5.74, 6) is -0.234. The highest BCUT2D eigenvalue weighted by atomic mass is 35.5. The van der Waals surface area contributed by atoms with E-state index in [2.05, 4.69) is 0 Å². The van der Waals surface area contributed by atoms with Gasteiger partial charge in [0.1, 0.15) is 5.82 Å². The standard InChI is InChI=1S/C15H21ClFNO/c1-10(2)8-18(9-11(3)4)15(19)14-12(16)6-5-7-13(14)17/h5-7,10-11H,8-9H2,1-4H3. The number of carbonyl (C=O) groups excluding carboxylic acids is 1. The maximum atomic E-state index is 13.8. The summed E-state index contributed by atoms with van der Waals surface area (Å²) in [7, 11) is 0. The van der Waals surface area contributed by atoms with Crippen molar-refractivity contribution in [3.63, 3.8) is 0 Å². The molecule has 0 spiro atoms. The Hall–Kier alpha value is -1.09. The second-order valence-electron chi connectivity index (χ2n) is 5.59. The molecule has 0 heterocycles. The zero-order valence-electron chi connectivity index (χ0n) is 11.9. The van der Waals surface area contributed by atoms with Crippen molar-refractivity contribution >= 4 is 17.5 Å². The minimum atomic E-state index is -0.560. The number of rotatable bonds is 5. The smallest absolute Gasteiger partial charge is 0.258 e. The monoisotopic (exact) mass is 285 g/mol. The lowest BCUT2D eigenvalue weighted by atomic mass is 10.1. The van der Waals surface area contributed by atoms with Crippen LogP contribution in [0.15, 0.2) is 18.2 Å². The predicted octanol–water partition coefficient (Wildman–Crippen LogP) is 4.23. The SMILES string of the molecule is CC(C)CN(CC(C)C)C(=O)c1c(F)cccc1Cl. The Morgan fingerprint density at radius 2 is 1.74 bits per heavy atom. The van der Waals surface area contributed by atoms with Gasteiger partial charge in [-0.1, -0.05) is 45.4 Å². The van der Waals surface area contributed by atoms with Crippen LogP contribution < -0.4 is 0 Å². The number of amides is 1. The Bertz CT molecular complexity index is 416. The summed E-state index contributed by atoms with van der Waals surface area (Å²) >= 11 is 5.95. The van der Waals surface area contributed by atoms with Gasteiger partial charge in [0.15, 0.2) is 0 Å². The topological polar surface area (TPSA) is 20.3 Å². The molecule has 0 radical (unpaired) electrons. The number of carbonyl (C=O) groups is 1. The summed E-state index contributed by atoms with van der Waals surface area (Å²) in [4.78, 5) is 14.1. The van der Waals surface area contributed by atoms with Gasteiger partial charge in [0, 0.05) is 13.1 Å². The van der Waals surface area contributed by atoms with Gasteiger partial charge in [-0.05, 0) is 24.0 Å². The highest BCUT2D eigenvalue weighted by molar-refractivity contribution is 6.33. The molecule has 19 heavy (non-hydrogen) atoms. The molecule has 0 aliphatic rings. The summed E-state index contributed by atoms with van der Waals surface area (Å²) in [5, 5.41) is 0.169. The molecule has 1 aromatic rings. The van der Waals surface area contributed by atoms with Crippen molar-refractivity contribution in [3.05, 3.63) is 34.6 Å². The largest absolute Gasteiger partial charge is 0.338 e. The Kier molecular flexibility index (Phi) is 5.80. The van der Waals surface area contributed by atoms with Crippen molar-refractivity contribution in [3.8, 4) is 0 Å². The molecule has 106 valence electrons. The fourth-order valence-corrected chi connectivity index (χ4v) is 2.23. The van der Waals surface area contributed by atoms with E-state index in [9.17, 15) is 9.18 Å². The van der Waals surface area contributed by atoms with Crippen molar-refractivity contribution < 1.29 is 9.18 Å². The quantitative estimate of drug-likeness (QED) is 0.793. The summed E-state index contributed by atoms with van der Waals surface area (Å²) in [6.45, 7) is 9.32. The summed E-state index contributed by atoms with van der Waals surface area (Å²) in [5.41, 5.74) is -0.0227. The van der Waals surface area contributed by atoms with Crippen molar-refractivity contribution in [2.24, 2.45) is 11.8 Å². The van der Waals surface area contributed by atoms with Gasteiger partial charge in [-0.25, -0.2) is 4.39 Å². The first-order chi connectivity index (χ1) is 8.82. The van der Waals surface area contributed by atoms with Gasteiger partial charge < -0.3 is 4.90 Å². The fourth-order valence-electron chi connectivity index (χ4n) is 1.98. The van der Waals surface area contributed by atoms with E-state index in [-0.39, 0.29) is 16.5 Å². The van der Waals surface area contributed by atoms with Crippen molar-refractivity contribution in [1.29, 1.82) is 0 Å². The molecule has 0 saturated carbocycles. The van der Waals surface area contributed by atoms with E-state index in [0.29, 0.717) is 24.9 Å². The van der Waals surface area contributed by atoms with Crippen LogP contribution in [0.3, 0.4) is 0 Å². The predicted molar refractivity (Wildman–Crippen MR) is 77.0 cm³/mol. The molecular formula is C15H21ClFNO. The molecule has 1 rings (SSSR count). The average molecular weight is 286 g/mol. The lowest BCUT2D eigenvalue weighted by Gasteiger charge is -2.27. The lowest BCUT2D eigenvalue weighted by molar-refractivity contribution is 0.0710. The maximum Gasteiger partial charge on any atom is 0.258 e. The number of hydrogen-bond acceptors (Lipinski definition) is 1. The molecular weight excluding hydrogens is 265 g/mol. The molecule has 1 aromatic carbocycles. The Balaban J connectivity index is 3.04. The zero-order valence-corrected chi connectivity index (χ0v) is 12.7. The van der Waals surface area contributed by atoms with E-state index in [1.165, 1.54) is 12.1 Å². The molecule has 0 atom stereocenters. The van der Waals surface area contributed by atoms with Crippen molar-refractivity contribution in [2.75, 3.05) is 13.1 Å². The molecule has 0 aliphatic heterocycles. The third kappa shape index (κ3) is 4.50. The molecule has 1 amide bonds. The number of halogens is 2. The molecule has 0 bridgehead atoms. The number of nitrogens with zero attached hydrogens (tertiary/aromatic N) is 1. The molecule has 0 aromatic heterocycles. The third-order valence-electron chi connectivity index (χ3n) is 2.63. The molecule has 0 saturated heterocycles. The average Bonchev–Trinajstić information content (AvgIpc) is 2.26. The highest BCUT2D eigenvalue weighted by Crippen LogP contribution is 2.21. The van der Waals surface area contributed by atoms with Gasteiger partial charge in [-0.2, -0.15) is 0 Å². The van der Waals surface area contributed by atoms with E-state index >= 15 is 0 Å². The maximum absolute atomic E-state index is 13.8. The summed E-state index contributed by atoms with van der Waals surface area (Å²) in [6, 6.07) is 4.31. The van der Waals surface area contributed by atoms with Crippen LogP contribution in [0.5, 0.6) is 0 Å². The fraction of sp³-hybridized carbons (Fsp3) is 0.533. The van der Waals surface area contributed by atoms with Gasteiger partial charge in [0.05, 0.1) is 10.6 Å². The number of hydrogen-bond donors (Lipinski definition) is 0. The summed E-state index contributed by atoms with van der Waals surface area (Å²) in [6.07, 6.45) is 0. The summed E-state index contributed by atoms with van der Waals surface area (Å²) < 4.78 is 13.8. The first-order valence-electron chi connectivity index (χ1n) is 6.56. The van der Waals surface area contributed by atoms with Crippen LogP contribution in [0.2, 0.25) is 5.02 Å². The first kappa shape index (κ1) is 16.0. The number of benzene rings is 1.